The van der Waals surface area contributed by atoms with Gasteiger partial charge in [0.15, 0.2) is 0 Å². The highest BCUT2D eigenvalue weighted by Gasteiger charge is 2.05. The van der Waals surface area contributed by atoms with Crippen molar-refractivity contribution in [1.29, 1.82) is 0 Å². The van der Waals surface area contributed by atoms with Crippen molar-refractivity contribution < 1.29 is 4.79 Å². The molecule has 0 aromatic heterocycles. The van der Waals surface area contributed by atoms with Crippen molar-refractivity contribution in [1.82, 2.24) is 10.6 Å². The minimum Gasteiger partial charge on any atom is -0.352 e. The molecule has 0 saturated carbocycles. The topological polar surface area (TPSA) is 41.1 Å². The molecule has 1 amide bonds. The largest absolute Gasteiger partial charge is 0.352 e. The van der Waals surface area contributed by atoms with Crippen LogP contribution in [-0.2, 0) is 4.79 Å². The van der Waals surface area contributed by atoms with E-state index in [1.807, 2.05) is 19.2 Å². The first kappa shape index (κ1) is 14.8. The smallest absolute Gasteiger partial charge is 0.230 e. The van der Waals surface area contributed by atoms with E-state index in [9.17, 15) is 4.79 Å². The number of carbonyl (C=O) groups excluding carboxylic acids is 1. The molecule has 0 heterocycles. The van der Waals surface area contributed by atoms with E-state index in [1.165, 1.54) is 5.56 Å². The van der Waals surface area contributed by atoms with Crippen LogP contribution in [0.5, 0.6) is 0 Å². The van der Waals surface area contributed by atoms with Crippen LogP contribution in [0.2, 0.25) is 0 Å². The van der Waals surface area contributed by atoms with Crippen molar-refractivity contribution in [2.75, 3.05) is 19.3 Å². The molecular weight excluding hydrogens is 244 g/mol. The first-order valence-corrected chi connectivity index (χ1v) is 6.93. The average molecular weight is 264 g/mol. The van der Waals surface area contributed by atoms with Crippen molar-refractivity contribution in [2.45, 2.75) is 17.9 Å². The molecular formula is C14H20N2OS. The van der Waals surface area contributed by atoms with E-state index in [0.29, 0.717) is 18.3 Å². The van der Waals surface area contributed by atoms with Gasteiger partial charge in [-0.2, -0.15) is 0 Å². The van der Waals surface area contributed by atoms with Gasteiger partial charge in [-0.25, -0.2) is 0 Å². The van der Waals surface area contributed by atoms with Crippen LogP contribution in [-0.4, -0.2) is 25.3 Å². The van der Waals surface area contributed by atoms with E-state index in [0.717, 1.165) is 4.90 Å². The summed E-state index contributed by atoms with van der Waals surface area (Å²) in [6.07, 6.45) is 1.68. The Labute approximate surface area is 113 Å². The van der Waals surface area contributed by atoms with E-state index in [-0.39, 0.29) is 5.91 Å². The second kappa shape index (κ2) is 7.95. The third-order valence-electron chi connectivity index (χ3n) is 2.60. The van der Waals surface area contributed by atoms with Crippen LogP contribution in [0.25, 0.3) is 0 Å². The van der Waals surface area contributed by atoms with Gasteiger partial charge in [-0.15, -0.1) is 18.3 Å². The van der Waals surface area contributed by atoms with Gasteiger partial charge in [-0.1, -0.05) is 18.2 Å². The summed E-state index contributed by atoms with van der Waals surface area (Å²) in [6.45, 7) is 6.20. The number of rotatable bonds is 7. The van der Waals surface area contributed by atoms with Gasteiger partial charge in [0, 0.05) is 17.5 Å². The normalized spacial score (nSPS) is 11.9. The molecule has 0 fully saturated rings. The third kappa shape index (κ3) is 4.94. The molecule has 2 N–H and O–H groups in total. The lowest BCUT2D eigenvalue weighted by molar-refractivity contribution is -0.118. The molecule has 1 aromatic rings. The average Bonchev–Trinajstić information content (AvgIpc) is 2.42. The maximum absolute atomic E-state index is 11.5. The monoisotopic (exact) mass is 264 g/mol. The van der Waals surface area contributed by atoms with E-state index in [4.69, 9.17) is 0 Å². The van der Waals surface area contributed by atoms with Crippen LogP contribution >= 0.6 is 11.8 Å². The summed E-state index contributed by atoms with van der Waals surface area (Å²) in [5.74, 6) is 0.470. The Morgan fingerprint density at radius 1 is 1.56 bits per heavy atom. The van der Waals surface area contributed by atoms with Crippen LogP contribution < -0.4 is 10.6 Å². The molecule has 1 atom stereocenters. The molecule has 0 aliphatic heterocycles. The van der Waals surface area contributed by atoms with Crippen LogP contribution in [0.1, 0.15) is 18.5 Å². The summed E-state index contributed by atoms with van der Waals surface area (Å²) in [6, 6.07) is 8.57. The SMILES string of the molecule is C=CCNC(=O)CSc1cccc(C(C)NC)c1. The highest BCUT2D eigenvalue weighted by atomic mass is 32.2. The number of benzene rings is 1. The zero-order chi connectivity index (χ0) is 13.4. The quantitative estimate of drug-likeness (QED) is 0.587. The number of hydrogen-bond acceptors (Lipinski definition) is 3. The van der Waals surface area contributed by atoms with Gasteiger partial charge in [-0.05, 0) is 31.7 Å². The van der Waals surface area contributed by atoms with Gasteiger partial charge < -0.3 is 10.6 Å². The molecule has 0 saturated heterocycles. The summed E-state index contributed by atoms with van der Waals surface area (Å²) in [4.78, 5) is 12.6. The van der Waals surface area contributed by atoms with Gasteiger partial charge >= 0.3 is 0 Å². The molecule has 1 unspecified atom stereocenters. The minimum absolute atomic E-state index is 0.0342. The Hall–Kier alpha value is -1.26. The molecule has 4 heteroatoms. The predicted molar refractivity (Wildman–Crippen MR) is 77.8 cm³/mol. The lowest BCUT2D eigenvalue weighted by Gasteiger charge is -2.11. The molecule has 1 rings (SSSR count). The zero-order valence-electron chi connectivity index (χ0n) is 10.9. The Morgan fingerprint density at radius 3 is 3.00 bits per heavy atom. The molecule has 0 bridgehead atoms. The second-order valence-corrected chi connectivity index (χ2v) is 5.01. The maximum atomic E-state index is 11.5. The van der Waals surface area contributed by atoms with Crippen LogP contribution in [0.3, 0.4) is 0 Å². The summed E-state index contributed by atoms with van der Waals surface area (Å²) in [5.41, 5.74) is 1.23. The van der Waals surface area contributed by atoms with Crippen molar-refractivity contribution in [3.8, 4) is 0 Å². The zero-order valence-corrected chi connectivity index (χ0v) is 11.7. The molecule has 1 aromatic carbocycles. The van der Waals surface area contributed by atoms with Crippen molar-refractivity contribution >= 4 is 17.7 Å². The van der Waals surface area contributed by atoms with Crippen molar-refractivity contribution in [3.05, 3.63) is 42.5 Å². The minimum atomic E-state index is 0.0342. The lowest BCUT2D eigenvalue weighted by Crippen LogP contribution is -2.24. The van der Waals surface area contributed by atoms with Crippen LogP contribution in [0.15, 0.2) is 41.8 Å². The Balaban J connectivity index is 2.52. The molecule has 18 heavy (non-hydrogen) atoms. The molecule has 0 radical (unpaired) electrons. The molecule has 0 spiro atoms. The van der Waals surface area contributed by atoms with E-state index in [1.54, 1.807) is 17.8 Å². The number of carbonyl (C=O) groups is 1. The maximum Gasteiger partial charge on any atom is 0.230 e. The number of hydrogen-bond donors (Lipinski definition) is 2. The van der Waals surface area contributed by atoms with E-state index in [2.05, 4.69) is 36.3 Å². The summed E-state index contributed by atoms with van der Waals surface area (Å²) in [5, 5.41) is 5.96. The van der Waals surface area contributed by atoms with Crippen molar-refractivity contribution in [3.63, 3.8) is 0 Å². The first-order valence-electron chi connectivity index (χ1n) is 5.95. The Kier molecular flexibility index (Phi) is 6.54. The highest BCUT2D eigenvalue weighted by Crippen LogP contribution is 2.21. The summed E-state index contributed by atoms with van der Waals surface area (Å²) in [7, 11) is 1.94. The van der Waals surface area contributed by atoms with Gasteiger partial charge in [0.2, 0.25) is 5.91 Å². The molecule has 0 aliphatic carbocycles. The highest BCUT2D eigenvalue weighted by molar-refractivity contribution is 8.00. The van der Waals surface area contributed by atoms with Crippen molar-refractivity contribution in [2.24, 2.45) is 0 Å². The standard InChI is InChI=1S/C14H20N2OS/c1-4-8-16-14(17)10-18-13-7-5-6-12(9-13)11(2)15-3/h4-7,9,11,15H,1,8,10H2,2-3H3,(H,16,17). The van der Waals surface area contributed by atoms with Gasteiger partial charge in [0.05, 0.1) is 5.75 Å². The van der Waals surface area contributed by atoms with Crippen LogP contribution in [0.4, 0.5) is 0 Å². The third-order valence-corrected chi connectivity index (χ3v) is 3.60. The van der Waals surface area contributed by atoms with Gasteiger partial charge in [-0.3, -0.25) is 4.79 Å². The van der Waals surface area contributed by atoms with E-state index < -0.39 is 0 Å². The fraction of sp³-hybridized carbons (Fsp3) is 0.357. The molecule has 0 aliphatic rings. The fourth-order valence-electron chi connectivity index (χ4n) is 1.43. The molecule has 3 nitrogen and oxygen atoms in total. The number of thioether (sulfide) groups is 1. The van der Waals surface area contributed by atoms with Crippen LogP contribution in [0, 0.1) is 0 Å². The Morgan fingerprint density at radius 2 is 2.33 bits per heavy atom. The number of amides is 1. The predicted octanol–water partition coefficient (Wildman–Crippen LogP) is 2.36. The summed E-state index contributed by atoms with van der Waals surface area (Å²) >= 11 is 1.55. The molecule has 98 valence electrons. The van der Waals surface area contributed by atoms with Gasteiger partial charge in [0.1, 0.15) is 0 Å². The lowest BCUT2D eigenvalue weighted by atomic mass is 10.1. The second-order valence-electron chi connectivity index (χ2n) is 3.96. The number of nitrogens with one attached hydrogen (secondary N) is 2. The van der Waals surface area contributed by atoms with Gasteiger partial charge in [0.25, 0.3) is 0 Å². The Bertz CT molecular complexity index is 407. The first-order chi connectivity index (χ1) is 8.67. The fourth-order valence-corrected chi connectivity index (χ4v) is 2.22. The van der Waals surface area contributed by atoms with E-state index >= 15 is 0 Å². The summed E-state index contributed by atoms with van der Waals surface area (Å²) < 4.78 is 0.